The third-order valence-corrected chi connectivity index (χ3v) is 7.16. The van der Waals surface area contributed by atoms with Crippen molar-refractivity contribution in [2.75, 3.05) is 13.1 Å². The molecule has 0 aliphatic carbocycles. The molecule has 2 atom stereocenters. The maximum Gasteiger partial charge on any atom is 0.263 e. The van der Waals surface area contributed by atoms with E-state index in [0.29, 0.717) is 19.0 Å². The second-order valence-corrected chi connectivity index (χ2v) is 8.94. The molecule has 1 amide bonds. The van der Waals surface area contributed by atoms with E-state index in [-0.39, 0.29) is 17.4 Å². The van der Waals surface area contributed by atoms with E-state index in [1.54, 1.807) is 17.4 Å². The summed E-state index contributed by atoms with van der Waals surface area (Å²) in [4.78, 5) is 29.3. The minimum atomic E-state index is 0.0769. The van der Waals surface area contributed by atoms with Crippen LogP contribution in [0.4, 0.5) is 0 Å². The van der Waals surface area contributed by atoms with Crippen LogP contribution in [0.2, 0.25) is 0 Å². The summed E-state index contributed by atoms with van der Waals surface area (Å²) in [7, 11) is 0. The van der Waals surface area contributed by atoms with Gasteiger partial charge in [0.1, 0.15) is 0 Å². The Morgan fingerprint density at radius 1 is 1.00 bits per heavy atom. The van der Waals surface area contributed by atoms with Gasteiger partial charge in [0, 0.05) is 47.8 Å². The number of nitrogens with zero attached hydrogens (tertiary/aromatic N) is 2. The van der Waals surface area contributed by atoms with E-state index < -0.39 is 0 Å². The number of rotatable bonds is 2. The summed E-state index contributed by atoms with van der Waals surface area (Å²) in [6.07, 6.45) is 1.05. The Kier molecular flexibility index (Phi) is 3.83. The van der Waals surface area contributed by atoms with Crippen LogP contribution >= 0.6 is 22.7 Å². The van der Waals surface area contributed by atoms with Crippen LogP contribution in [-0.4, -0.2) is 28.5 Å². The number of piperidine rings is 1. The number of carbonyl (C=O) groups is 1. The SMILES string of the molecule is O=C(c1cccs1)N1CC2CC(C1)c1c(-c3cccs3)ccc(=O)n1C2. The third-order valence-electron chi connectivity index (χ3n) is 5.40. The average molecular weight is 383 g/mol. The number of fused-ring (bicyclic) bond motifs is 4. The molecule has 1 fully saturated rings. The van der Waals surface area contributed by atoms with Gasteiger partial charge in [-0.2, -0.15) is 0 Å². The Balaban J connectivity index is 1.56. The Bertz CT molecular complexity index is 1010. The number of pyridine rings is 1. The van der Waals surface area contributed by atoms with Crippen molar-refractivity contribution in [3.63, 3.8) is 0 Å². The van der Waals surface area contributed by atoms with E-state index in [1.807, 2.05) is 39.1 Å². The van der Waals surface area contributed by atoms with Gasteiger partial charge in [0.2, 0.25) is 0 Å². The first-order valence-corrected chi connectivity index (χ1v) is 10.6. The summed E-state index contributed by atoms with van der Waals surface area (Å²) in [6, 6.07) is 11.6. The summed E-state index contributed by atoms with van der Waals surface area (Å²) in [5.74, 6) is 0.693. The van der Waals surface area contributed by atoms with Crippen molar-refractivity contribution in [3.05, 3.63) is 68.1 Å². The molecule has 5 heterocycles. The van der Waals surface area contributed by atoms with E-state index in [1.165, 1.54) is 16.2 Å². The first-order valence-electron chi connectivity index (χ1n) is 8.81. The standard InChI is InChI=1S/C20H18N2O2S2/c23-18-6-5-15(16-3-1-7-25-16)19-14-9-13(11-22(18)19)10-21(12-14)20(24)17-4-2-8-26-17/h1-8,13-14H,9-12H2. The molecule has 0 N–H and O–H groups in total. The zero-order valence-corrected chi connectivity index (χ0v) is 15.8. The average Bonchev–Trinajstić information content (AvgIpc) is 3.35. The molecule has 1 saturated heterocycles. The molecule has 2 unspecified atom stereocenters. The molecule has 0 radical (unpaired) electrons. The molecular weight excluding hydrogens is 364 g/mol. The lowest BCUT2D eigenvalue weighted by Gasteiger charge is -2.43. The monoisotopic (exact) mass is 382 g/mol. The maximum absolute atomic E-state index is 12.9. The van der Waals surface area contributed by atoms with Gasteiger partial charge in [-0.3, -0.25) is 9.59 Å². The highest BCUT2D eigenvalue weighted by Crippen LogP contribution is 2.41. The molecule has 2 aliphatic rings. The molecule has 4 nitrogen and oxygen atoms in total. The first-order chi connectivity index (χ1) is 12.7. The van der Waals surface area contributed by atoms with Gasteiger partial charge in [-0.15, -0.1) is 22.7 Å². The third kappa shape index (κ3) is 2.56. The number of hydrogen-bond donors (Lipinski definition) is 0. The van der Waals surface area contributed by atoms with Gasteiger partial charge in [-0.25, -0.2) is 0 Å². The van der Waals surface area contributed by atoms with Gasteiger partial charge in [-0.05, 0) is 41.3 Å². The van der Waals surface area contributed by atoms with E-state index in [2.05, 4.69) is 11.4 Å². The van der Waals surface area contributed by atoms with Crippen molar-refractivity contribution in [1.82, 2.24) is 9.47 Å². The van der Waals surface area contributed by atoms with E-state index in [9.17, 15) is 9.59 Å². The minimum Gasteiger partial charge on any atom is -0.337 e. The van der Waals surface area contributed by atoms with Crippen LogP contribution in [0.1, 0.15) is 27.7 Å². The molecule has 3 aromatic rings. The zero-order valence-electron chi connectivity index (χ0n) is 14.1. The summed E-state index contributed by atoms with van der Waals surface area (Å²) in [5.41, 5.74) is 2.33. The smallest absolute Gasteiger partial charge is 0.263 e. The zero-order chi connectivity index (χ0) is 17.7. The molecule has 5 rings (SSSR count). The van der Waals surface area contributed by atoms with Crippen LogP contribution < -0.4 is 5.56 Å². The lowest BCUT2D eigenvalue weighted by molar-refractivity contribution is 0.0600. The Morgan fingerprint density at radius 3 is 2.62 bits per heavy atom. The van der Waals surface area contributed by atoms with Crippen molar-refractivity contribution in [1.29, 1.82) is 0 Å². The Morgan fingerprint density at radius 2 is 1.85 bits per heavy atom. The number of carbonyl (C=O) groups excluding carboxylic acids is 1. The van der Waals surface area contributed by atoms with Crippen molar-refractivity contribution < 1.29 is 4.79 Å². The van der Waals surface area contributed by atoms with Crippen LogP contribution in [0.25, 0.3) is 10.4 Å². The van der Waals surface area contributed by atoms with Crippen LogP contribution in [0, 0.1) is 5.92 Å². The summed E-state index contributed by atoms with van der Waals surface area (Å²) < 4.78 is 1.96. The topological polar surface area (TPSA) is 42.3 Å². The quantitative estimate of drug-likeness (QED) is 0.675. The van der Waals surface area contributed by atoms with Crippen LogP contribution in [0.3, 0.4) is 0 Å². The lowest BCUT2D eigenvalue weighted by atomic mass is 9.81. The summed E-state index contributed by atoms with van der Waals surface area (Å²) in [5, 5.41) is 4.01. The molecule has 2 bridgehead atoms. The molecular formula is C20H18N2O2S2. The number of thiophene rings is 2. The minimum absolute atomic E-state index is 0.0769. The van der Waals surface area contributed by atoms with Crippen LogP contribution in [-0.2, 0) is 6.54 Å². The van der Waals surface area contributed by atoms with Gasteiger partial charge in [-0.1, -0.05) is 12.1 Å². The molecule has 3 aromatic heterocycles. The number of hydrogen-bond acceptors (Lipinski definition) is 4. The van der Waals surface area contributed by atoms with Crippen LogP contribution in [0.5, 0.6) is 0 Å². The molecule has 0 saturated carbocycles. The highest BCUT2D eigenvalue weighted by atomic mass is 32.1. The molecule has 132 valence electrons. The van der Waals surface area contributed by atoms with Crippen LogP contribution in [0.15, 0.2) is 52.0 Å². The van der Waals surface area contributed by atoms with E-state index >= 15 is 0 Å². The van der Waals surface area contributed by atoms with Crippen molar-refractivity contribution in [2.45, 2.75) is 18.9 Å². The maximum atomic E-state index is 12.9. The van der Waals surface area contributed by atoms with Gasteiger partial charge < -0.3 is 9.47 Å². The van der Waals surface area contributed by atoms with Crippen molar-refractivity contribution in [3.8, 4) is 10.4 Å². The summed E-state index contributed by atoms with van der Waals surface area (Å²) >= 11 is 3.19. The van der Waals surface area contributed by atoms with E-state index in [0.717, 1.165) is 29.1 Å². The summed E-state index contributed by atoms with van der Waals surface area (Å²) in [6.45, 7) is 2.13. The number of likely N-dealkylation sites (tertiary alicyclic amines) is 1. The predicted octanol–water partition coefficient (Wildman–Crippen LogP) is 3.90. The van der Waals surface area contributed by atoms with E-state index in [4.69, 9.17) is 0 Å². The predicted molar refractivity (Wildman–Crippen MR) is 105 cm³/mol. The Labute approximate surface area is 159 Å². The fourth-order valence-corrected chi connectivity index (χ4v) is 5.83. The number of aromatic nitrogens is 1. The van der Waals surface area contributed by atoms with Gasteiger partial charge in [0.05, 0.1) is 4.88 Å². The molecule has 26 heavy (non-hydrogen) atoms. The van der Waals surface area contributed by atoms with Gasteiger partial charge in [0.25, 0.3) is 11.5 Å². The normalized spacial score (nSPS) is 21.5. The number of amides is 1. The van der Waals surface area contributed by atoms with Gasteiger partial charge >= 0.3 is 0 Å². The second-order valence-electron chi connectivity index (χ2n) is 7.04. The molecule has 0 aromatic carbocycles. The first kappa shape index (κ1) is 16.0. The fraction of sp³-hybridized carbons (Fsp3) is 0.300. The van der Waals surface area contributed by atoms with Gasteiger partial charge in [0.15, 0.2) is 0 Å². The van der Waals surface area contributed by atoms with Crippen molar-refractivity contribution in [2.24, 2.45) is 5.92 Å². The fourth-order valence-electron chi connectivity index (χ4n) is 4.38. The molecule has 0 spiro atoms. The second kappa shape index (κ2) is 6.21. The highest BCUT2D eigenvalue weighted by molar-refractivity contribution is 7.13. The largest absolute Gasteiger partial charge is 0.337 e. The lowest BCUT2D eigenvalue weighted by Crippen LogP contribution is -2.49. The Hall–Kier alpha value is -2.18. The highest BCUT2D eigenvalue weighted by Gasteiger charge is 2.38. The molecule has 6 heteroatoms. The van der Waals surface area contributed by atoms with Crippen molar-refractivity contribution >= 4 is 28.6 Å². The molecule has 2 aliphatic heterocycles.